The molecule has 0 atom stereocenters. The van der Waals surface area contributed by atoms with Crippen LogP contribution in [0, 0.1) is 0 Å². The Morgan fingerprint density at radius 3 is 3.22 bits per heavy atom. The maximum atomic E-state index is 5.13. The molecule has 0 radical (unpaired) electrons. The quantitative estimate of drug-likeness (QED) is 0.521. The second-order valence-corrected chi connectivity index (χ2v) is 2.66. The van der Waals surface area contributed by atoms with E-state index in [0.717, 1.165) is 5.75 Å². The zero-order chi connectivity index (χ0) is 6.69. The van der Waals surface area contributed by atoms with Crippen molar-refractivity contribution in [3.05, 3.63) is 0 Å². The van der Waals surface area contributed by atoms with Gasteiger partial charge in [0.05, 0.1) is 11.3 Å². The van der Waals surface area contributed by atoms with E-state index in [-0.39, 0.29) is 5.11 Å². The number of aliphatic imine (C=N–C) groups is 2. The molecule has 0 unspecified atom stereocenters. The Kier molecular flexibility index (Phi) is 2.18. The molecule has 0 aromatic rings. The molecular weight excluding hydrogens is 154 g/mol. The van der Waals surface area contributed by atoms with E-state index in [1.807, 2.05) is 0 Å². The molecule has 1 heterocycles. The minimum Gasteiger partial charge on any atom is -0.374 e. The van der Waals surface area contributed by atoms with Gasteiger partial charge < -0.3 is 5.73 Å². The summed E-state index contributed by atoms with van der Waals surface area (Å²) in [5.41, 5.74) is 6.87. The van der Waals surface area contributed by atoms with Gasteiger partial charge in [-0.15, -0.1) is 11.8 Å². The minimum atomic E-state index is 0.157. The molecule has 0 spiro atoms. The Morgan fingerprint density at radius 2 is 2.78 bits per heavy atom. The van der Waals surface area contributed by atoms with Gasteiger partial charge in [-0.05, 0) is 12.2 Å². The van der Waals surface area contributed by atoms with Crippen LogP contribution in [-0.4, -0.2) is 22.2 Å². The second-order valence-electron chi connectivity index (χ2n) is 1.41. The molecule has 0 aromatic carbocycles. The van der Waals surface area contributed by atoms with E-state index < -0.39 is 0 Å². The Morgan fingerprint density at radius 1 is 2.00 bits per heavy atom. The van der Waals surface area contributed by atoms with Crippen molar-refractivity contribution < 1.29 is 0 Å². The van der Waals surface area contributed by atoms with Crippen molar-refractivity contribution >= 4 is 40.5 Å². The third-order valence-corrected chi connectivity index (χ3v) is 1.50. The molecule has 1 aliphatic rings. The Bertz CT molecular complexity index is 184. The van der Waals surface area contributed by atoms with Gasteiger partial charge in [-0.2, -0.15) is 0 Å². The van der Waals surface area contributed by atoms with Gasteiger partial charge in [-0.3, -0.25) is 0 Å². The third-order valence-electron chi connectivity index (χ3n) is 0.728. The predicted octanol–water partition coefficient (Wildman–Crippen LogP) is 0.404. The van der Waals surface area contributed by atoms with E-state index >= 15 is 0 Å². The monoisotopic (exact) mass is 159 g/mol. The zero-order valence-electron chi connectivity index (χ0n) is 4.57. The van der Waals surface area contributed by atoms with Gasteiger partial charge in [0.1, 0.15) is 5.84 Å². The lowest BCUT2D eigenvalue weighted by Crippen LogP contribution is -2.07. The maximum Gasteiger partial charge on any atom is 0.191 e. The van der Waals surface area contributed by atoms with Gasteiger partial charge in [-0.25, -0.2) is 9.98 Å². The van der Waals surface area contributed by atoms with Crippen LogP contribution >= 0.6 is 24.0 Å². The lowest BCUT2D eigenvalue weighted by atomic mass is 10.7. The highest BCUT2D eigenvalue weighted by molar-refractivity contribution is 8.13. The molecule has 0 saturated carbocycles. The fourth-order valence-corrected chi connectivity index (χ4v) is 1.10. The first kappa shape index (κ1) is 6.70. The first-order chi connectivity index (χ1) is 4.29. The van der Waals surface area contributed by atoms with E-state index in [4.69, 9.17) is 5.73 Å². The standard InChI is InChI=1S/C4H5N3S2/c5-4(8)7-3-1-9-2-6-3/h2H,1H2,(H2,5,8). The maximum absolute atomic E-state index is 5.13. The summed E-state index contributed by atoms with van der Waals surface area (Å²) < 4.78 is 0. The van der Waals surface area contributed by atoms with Gasteiger partial charge >= 0.3 is 0 Å². The fourth-order valence-electron chi connectivity index (χ4n) is 0.436. The summed E-state index contributed by atoms with van der Waals surface area (Å²) in [5, 5.41) is 0.157. The Balaban J connectivity index is 2.61. The third kappa shape index (κ3) is 2.11. The first-order valence-corrected chi connectivity index (χ1v) is 3.76. The molecule has 0 amide bonds. The number of thiocarbonyl (C=S) groups is 1. The molecule has 0 aromatic heterocycles. The number of amidine groups is 1. The second kappa shape index (κ2) is 2.93. The van der Waals surface area contributed by atoms with Crippen molar-refractivity contribution in [3.63, 3.8) is 0 Å². The number of nitrogens with zero attached hydrogens (tertiary/aromatic N) is 2. The lowest BCUT2D eigenvalue weighted by molar-refractivity contribution is 1.54. The summed E-state index contributed by atoms with van der Waals surface area (Å²) >= 11 is 6.13. The van der Waals surface area contributed by atoms with Crippen LogP contribution in [0.2, 0.25) is 0 Å². The number of thioether (sulfide) groups is 1. The summed E-state index contributed by atoms with van der Waals surface area (Å²) in [6.07, 6.45) is 0. The predicted molar refractivity (Wildman–Crippen MR) is 45.2 cm³/mol. The van der Waals surface area contributed by atoms with E-state index in [1.165, 1.54) is 0 Å². The van der Waals surface area contributed by atoms with Crippen LogP contribution in [0.3, 0.4) is 0 Å². The van der Waals surface area contributed by atoms with E-state index in [0.29, 0.717) is 5.84 Å². The highest BCUT2D eigenvalue weighted by Gasteiger charge is 2.01. The van der Waals surface area contributed by atoms with Gasteiger partial charge in [0.15, 0.2) is 5.11 Å². The van der Waals surface area contributed by atoms with Crippen LogP contribution in [0.1, 0.15) is 0 Å². The van der Waals surface area contributed by atoms with Crippen molar-refractivity contribution in [3.8, 4) is 0 Å². The van der Waals surface area contributed by atoms with Gasteiger partial charge in [0, 0.05) is 0 Å². The Hall–Kier alpha value is -0.420. The molecule has 9 heavy (non-hydrogen) atoms. The number of hydrogen-bond donors (Lipinski definition) is 1. The summed E-state index contributed by atoms with van der Waals surface area (Å²) in [5.74, 6) is 1.50. The highest BCUT2D eigenvalue weighted by Crippen LogP contribution is 2.05. The summed E-state index contributed by atoms with van der Waals surface area (Å²) in [6, 6.07) is 0. The topological polar surface area (TPSA) is 50.7 Å². The fraction of sp³-hybridized carbons (Fsp3) is 0.250. The molecule has 0 bridgehead atoms. The average Bonchev–Trinajstić information content (AvgIpc) is 2.15. The van der Waals surface area contributed by atoms with Crippen LogP contribution < -0.4 is 5.73 Å². The van der Waals surface area contributed by atoms with E-state index in [2.05, 4.69) is 22.2 Å². The highest BCUT2D eigenvalue weighted by atomic mass is 32.2. The van der Waals surface area contributed by atoms with Crippen molar-refractivity contribution in [2.24, 2.45) is 15.7 Å². The van der Waals surface area contributed by atoms with Crippen LogP contribution in [-0.2, 0) is 0 Å². The average molecular weight is 159 g/mol. The normalized spacial score (nSPS) is 21.1. The van der Waals surface area contributed by atoms with Gasteiger partial charge in [0.2, 0.25) is 0 Å². The van der Waals surface area contributed by atoms with Crippen LogP contribution in [0.15, 0.2) is 9.98 Å². The van der Waals surface area contributed by atoms with Gasteiger partial charge in [0.25, 0.3) is 0 Å². The van der Waals surface area contributed by atoms with Gasteiger partial charge in [-0.1, -0.05) is 0 Å². The Labute approximate surface area is 62.4 Å². The molecule has 48 valence electrons. The largest absolute Gasteiger partial charge is 0.374 e. The minimum absolute atomic E-state index is 0.157. The molecule has 0 saturated heterocycles. The van der Waals surface area contributed by atoms with Crippen molar-refractivity contribution in [1.29, 1.82) is 0 Å². The van der Waals surface area contributed by atoms with Crippen LogP contribution in [0.25, 0.3) is 0 Å². The molecule has 0 aliphatic carbocycles. The van der Waals surface area contributed by atoms with Crippen LogP contribution in [0.4, 0.5) is 0 Å². The zero-order valence-corrected chi connectivity index (χ0v) is 6.21. The number of hydrogen-bond acceptors (Lipinski definition) is 2. The molecule has 0 fully saturated rings. The summed E-state index contributed by atoms with van der Waals surface area (Å²) in [6.45, 7) is 0. The lowest BCUT2D eigenvalue weighted by Gasteiger charge is -1.86. The number of rotatable bonds is 0. The van der Waals surface area contributed by atoms with Crippen molar-refractivity contribution in [1.82, 2.24) is 0 Å². The SMILES string of the molecule is NC(=S)N=C1CSC=N1. The van der Waals surface area contributed by atoms with E-state index in [9.17, 15) is 0 Å². The van der Waals surface area contributed by atoms with Crippen molar-refractivity contribution in [2.75, 3.05) is 5.75 Å². The van der Waals surface area contributed by atoms with Crippen molar-refractivity contribution in [2.45, 2.75) is 0 Å². The molecule has 1 rings (SSSR count). The summed E-state index contributed by atoms with van der Waals surface area (Å²) in [7, 11) is 0. The molecular formula is C4H5N3S2. The molecule has 3 nitrogen and oxygen atoms in total. The van der Waals surface area contributed by atoms with Crippen LogP contribution in [0.5, 0.6) is 0 Å². The smallest absolute Gasteiger partial charge is 0.191 e. The molecule has 5 heteroatoms. The van der Waals surface area contributed by atoms with E-state index in [1.54, 1.807) is 17.3 Å². The summed E-state index contributed by atoms with van der Waals surface area (Å²) in [4.78, 5) is 7.68. The molecule has 2 N–H and O–H groups in total. The molecule has 1 aliphatic heterocycles. The first-order valence-electron chi connectivity index (χ1n) is 2.30. The number of nitrogens with two attached hydrogens (primary N) is 1.